The zero-order valence-corrected chi connectivity index (χ0v) is 13.5. The number of carbonyl (C=O) groups excluding carboxylic acids is 1. The summed E-state index contributed by atoms with van der Waals surface area (Å²) >= 11 is 0. The van der Waals surface area contributed by atoms with Gasteiger partial charge in [-0.2, -0.15) is 0 Å². The Balaban J connectivity index is 1.86. The Hall–Kier alpha value is -2.56. The first-order valence-corrected chi connectivity index (χ1v) is 7.29. The van der Waals surface area contributed by atoms with Crippen molar-refractivity contribution in [1.82, 2.24) is 5.32 Å². The molecule has 0 saturated carbocycles. The van der Waals surface area contributed by atoms with Gasteiger partial charge in [-0.25, -0.2) is 4.39 Å². The van der Waals surface area contributed by atoms with Crippen molar-refractivity contribution in [2.75, 3.05) is 13.7 Å². The normalized spacial score (nSPS) is 10.3. The van der Waals surface area contributed by atoms with Gasteiger partial charge in [-0.3, -0.25) is 4.79 Å². The van der Waals surface area contributed by atoms with Crippen LogP contribution in [0, 0.1) is 19.7 Å². The van der Waals surface area contributed by atoms with E-state index in [1.54, 1.807) is 32.2 Å². The van der Waals surface area contributed by atoms with Crippen LogP contribution in [0.4, 0.5) is 4.39 Å². The molecule has 4 nitrogen and oxygen atoms in total. The van der Waals surface area contributed by atoms with Crippen molar-refractivity contribution in [3.8, 4) is 11.5 Å². The lowest BCUT2D eigenvalue weighted by Gasteiger charge is -2.11. The van der Waals surface area contributed by atoms with Gasteiger partial charge in [0.05, 0.1) is 7.11 Å². The van der Waals surface area contributed by atoms with Crippen LogP contribution in [0.15, 0.2) is 36.4 Å². The molecule has 0 spiro atoms. The minimum Gasteiger partial charge on any atom is -0.493 e. The number of hydrogen-bond acceptors (Lipinski definition) is 3. The van der Waals surface area contributed by atoms with E-state index < -0.39 is 0 Å². The highest BCUT2D eigenvalue weighted by atomic mass is 19.1. The summed E-state index contributed by atoms with van der Waals surface area (Å²) in [5.74, 6) is 0.599. The Labute approximate surface area is 135 Å². The van der Waals surface area contributed by atoms with E-state index in [4.69, 9.17) is 9.47 Å². The molecule has 1 amide bonds. The van der Waals surface area contributed by atoms with E-state index in [2.05, 4.69) is 5.32 Å². The first-order chi connectivity index (χ1) is 11.0. The molecule has 0 aliphatic heterocycles. The molecule has 5 heteroatoms. The van der Waals surface area contributed by atoms with Crippen LogP contribution in [-0.2, 0) is 11.3 Å². The largest absolute Gasteiger partial charge is 0.493 e. The molecule has 2 aromatic rings. The van der Waals surface area contributed by atoms with Gasteiger partial charge in [0.1, 0.15) is 5.82 Å². The summed E-state index contributed by atoms with van der Waals surface area (Å²) in [6.07, 6.45) is 0. The zero-order valence-electron chi connectivity index (χ0n) is 13.5. The van der Waals surface area contributed by atoms with Gasteiger partial charge in [0, 0.05) is 6.54 Å². The Morgan fingerprint density at radius 1 is 1.13 bits per heavy atom. The quantitative estimate of drug-likeness (QED) is 0.890. The average molecular weight is 317 g/mol. The molecule has 0 aromatic heterocycles. The number of rotatable bonds is 6. The number of benzene rings is 2. The lowest BCUT2D eigenvalue weighted by Crippen LogP contribution is -2.28. The van der Waals surface area contributed by atoms with Crippen LogP contribution >= 0.6 is 0 Å². The van der Waals surface area contributed by atoms with Crippen LogP contribution in [0.5, 0.6) is 11.5 Å². The van der Waals surface area contributed by atoms with Gasteiger partial charge >= 0.3 is 0 Å². The molecule has 0 radical (unpaired) electrons. The van der Waals surface area contributed by atoms with Crippen LogP contribution in [0.2, 0.25) is 0 Å². The maximum Gasteiger partial charge on any atom is 0.258 e. The van der Waals surface area contributed by atoms with Crippen LogP contribution in [0.25, 0.3) is 0 Å². The third-order valence-corrected chi connectivity index (χ3v) is 3.39. The van der Waals surface area contributed by atoms with Gasteiger partial charge in [0.2, 0.25) is 0 Å². The average Bonchev–Trinajstić information content (AvgIpc) is 2.54. The summed E-state index contributed by atoms with van der Waals surface area (Å²) in [4.78, 5) is 11.9. The number of ether oxygens (including phenoxy) is 2. The second-order valence-corrected chi connectivity index (χ2v) is 5.30. The van der Waals surface area contributed by atoms with Crippen LogP contribution in [-0.4, -0.2) is 19.6 Å². The molecule has 0 fully saturated rings. The summed E-state index contributed by atoms with van der Waals surface area (Å²) in [6, 6.07) is 10.2. The Morgan fingerprint density at radius 2 is 1.91 bits per heavy atom. The fourth-order valence-electron chi connectivity index (χ4n) is 2.11. The standard InChI is InChI=1S/C18H20FNO3/c1-12-4-7-16(17(8-12)22-3)23-11-18(21)20-10-14-5-6-15(19)13(2)9-14/h4-9H,10-11H2,1-3H3,(H,20,21). The SMILES string of the molecule is COc1cc(C)ccc1OCC(=O)NCc1ccc(F)c(C)c1. The first kappa shape index (κ1) is 16.8. The third kappa shape index (κ3) is 4.71. The summed E-state index contributed by atoms with van der Waals surface area (Å²) in [5.41, 5.74) is 2.44. The van der Waals surface area contributed by atoms with Crippen molar-refractivity contribution in [2.45, 2.75) is 20.4 Å². The molecule has 0 aliphatic carbocycles. The topological polar surface area (TPSA) is 47.6 Å². The minimum atomic E-state index is -0.255. The number of halogens is 1. The fraction of sp³-hybridized carbons (Fsp3) is 0.278. The highest BCUT2D eigenvalue weighted by molar-refractivity contribution is 5.77. The number of methoxy groups -OCH3 is 1. The third-order valence-electron chi connectivity index (χ3n) is 3.39. The van der Waals surface area contributed by atoms with Crippen molar-refractivity contribution < 1.29 is 18.7 Å². The minimum absolute atomic E-state index is 0.112. The van der Waals surface area contributed by atoms with Crippen LogP contribution < -0.4 is 14.8 Å². The summed E-state index contributed by atoms with van der Waals surface area (Å²) in [6.45, 7) is 3.85. The van der Waals surface area contributed by atoms with Crippen molar-refractivity contribution in [3.05, 3.63) is 58.9 Å². The molecule has 0 atom stereocenters. The van der Waals surface area contributed by atoms with E-state index in [0.717, 1.165) is 11.1 Å². The lowest BCUT2D eigenvalue weighted by atomic mass is 10.1. The van der Waals surface area contributed by atoms with E-state index >= 15 is 0 Å². The van der Waals surface area contributed by atoms with Crippen molar-refractivity contribution in [3.63, 3.8) is 0 Å². The number of carbonyl (C=O) groups is 1. The Kier molecular flexibility index (Phi) is 5.57. The summed E-state index contributed by atoms with van der Waals surface area (Å²) in [5, 5.41) is 2.74. The maximum absolute atomic E-state index is 13.2. The Bertz CT molecular complexity index is 701. The number of nitrogens with one attached hydrogen (secondary N) is 1. The Morgan fingerprint density at radius 3 is 2.61 bits per heavy atom. The fourth-order valence-corrected chi connectivity index (χ4v) is 2.11. The molecule has 122 valence electrons. The number of hydrogen-bond donors (Lipinski definition) is 1. The molecule has 0 bridgehead atoms. The molecule has 2 aromatic carbocycles. The van der Waals surface area contributed by atoms with Crippen molar-refractivity contribution in [2.24, 2.45) is 0 Å². The molecule has 0 unspecified atom stereocenters. The molecule has 23 heavy (non-hydrogen) atoms. The highest BCUT2D eigenvalue weighted by Gasteiger charge is 2.08. The molecular formula is C18H20FNO3. The summed E-state index contributed by atoms with van der Waals surface area (Å²) in [7, 11) is 1.55. The lowest BCUT2D eigenvalue weighted by molar-refractivity contribution is -0.123. The predicted octanol–water partition coefficient (Wildman–Crippen LogP) is 3.15. The van der Waals surface area contributed by atoms with E-state index in [-0.39, 0.29) is 18.3 Å². The molecule has 0 saturated heterocycles. The van der Waals surface area contributed by atoms with Crippen molar-refractivity contribution >= 4 is 5.91 Å². The molecular weight excluding hydrogens is 297 g/mol. The van der Waals surface area contributed by atoms with Gasteiger partial charge in [-0.05, 0) is 48.7 Å². The monoisotopic (exact) mass is 317 g/mol. The molecule has 0 heterocycles. The highest BCUT2D eigenvalue weighted by Crippen LogP contribution is 2.27. The van der Waals surface area contributed by atoms with Crippen LogP contribution in [0.3, 0.4) is 0 Å². The maximum atomic E-state index is 13.2. The second kappa shape index (κ2) is 7.63. The molecule has 2 rings (SSSR count). The van der Waals surface area contributed by atoms with Crippen molar-refractivity contribution in [1.29, 1.82) is 0 Å². The van der Waals surface area contributed by atoms with Gasteiger partial charge in [-0.1, -0.05) is 18.2 Å². The van der Waals surface area contributed by atoms with E-state index in [9.17, 15) is 9.18 Å². The number of amides is 1. The molecule has 1 N–H and O–H groups in total. The van der Waals surface area contributed by atoms with Crippen LogP contribution in [0.1, 0.15) is 16.7 Å². The second-order valence-electron chi connectivity index (χ2n) is 5.30. The van der Waals surface area contributed by atoms with Gasteiger partial charge in [0.25, 0.3) is 5.91 Å². The van der Waals surface area contributed by atoms with Gasteiger partial charge in [0.15, 0.2) is 18.1 Å². The van der Waals surface area contributed by atoms with E-state index in [1.807, 2.05) is 19.1 Å². The summed E-state index contributed by atoms with van der Waals surface area (Å²) < 4.78 is 23.9. The predicted molar refractivity (Wildman–Crippen MR) is 86.2 cm³/mol. The van der Waals surface area contributed by atoms with Gasteiger partial charge in [-0.15, -0.1) is 0 Å². The first-order valence-electron chi connectivity index (χ1n) is 7.29. The van der Waals surface area contributed by atoms with E-state index in [1.165, 1.54) is 6.07 Å². The zero-order chi connectivity index (χ0) is 16.8. The van der Waals surface area contributed by atoms with E-state index in [0.29, 0.717) is 23.6 Å². The van der Waals surface area contributed by atoms with Gasteiger partial charge < -0.3 is 14.8 Å². The smallest absolute Gasteiger partial charge is 0.258 e. The molecule has 0 aliphatic rings. The number of aryl methyl sites for hydroxylation is 2.